The van der Waals surface area contributed by atoms with Crippen LogP contribution < -0.4 is 5.32 Å². The minimum Gasteiger partial charge on any atom is -0.370 e. The highest BCUT2D eigenvalue weighted by atomic mass is 35.5. The summed E-state index contributed by atoms with van der Waals surface area (Å²) in [6.07, 6.45) is 4.67. The van der Waals surface area contributed by atoms with Gasteiger partial charge in [-0.15, -0.1) is 11.8 Å². The number of thioether (sulfide) groups is 1. The Hall–Kier alpha value is -1.26. The van der Waals surface area contributed by atoms with Crippen molar-refractivity contribution in [2.24, 2.45) is 0 Å². The molecule has 3 nitrogen and oxygen atoms in total. The van der Waals surface area contributed by atoms with Crippen molar-refractivity contribution < 1.29 is 0 Å². The maximum absolute atomic E-state index is 6.08. The van der Waals surface area contributed by atoms with Crippen molar-refractivity contribution in [3.8, 4) is 0 Å². The summed E-state index contributed by atoms with van der Waals surface area (Å²) in [5.41, 5.74) is 1.21. The molecule has 0 aromatic carbocycles. The smallest absolute Gasteiger partial charge is 0.126 e. The lowest BCUT2D eigenvalue weighted by atomic mass is 10.3. The van der Waals surface area contributed by atoms with Crippen LogP contribution in [0.5, 0.6) is 0 Å². The average Bonchev–Trinajstić information content (AvgIpc) is 2.45. The molecule has 2 heterocycles. The molecule has 0 aliphatic heterocycles. The average molecular weight is 294 g/mol. The molecule has 2 aromatic heterocycles. The predicted molar refractivity (Wildman–Crippen MR) is 81.8 cm³/mol. The van der Waals surface area contributed by atoms with Crippen LogP contribution in [-0.4, -0.2) is 16.5 Å². The summed E-state index contributed by atoms with van der Waals surface area (Å²) in [6, 6.07) is 7.78. The van der Waals surface area contributed by atoms with Crippen LogP contribution in [0.4, 0.5) is 5.82 Å². The van der Waals surface area contributed by atoms with Crippen LogP contribution in [0.1, 0.15) is 18.9 Å². The highest BCUT2D eigenvalue weighted by Crippen LogP contribution is 2.27. The molecule has 19 heavy (non-hydrogen) atoms. The molecule has 2 rings (SSSR count). The van der Waals surface area contributed by atoms with E-state index < -0.39 is 0 Å². The number of aromatic nitrogens is 2. The molecular formula is C14H16ClN3S. The molecule has 0 saturated carbocycles. The fraction of sp³-hybridized carbons (Fsp3) is 0.286. The fourth-order valence-electron chi connectivity index (χ4n) is 1.54. The zero-order chi connectivity index (χ0) is 13.5. The van der Waals surface area contributed by atoms with Gasteiger partial charge in [-0.1, -0.05) is 18.5 Å². The van der Waals surface area contributed by atoms with Gasteiger partial charge < -0.3 is 5.32 Å². The van der Waals surface area contributed by atoms with Gasteiger partial charge in [0.2, 0.25) is 0 Å². The molecule has 1 N–H and O–H groups in total. The number of nitrogens with zero attached hydrogens (tertiary/aromatic N) is 2. The molecule has 0 aliphatic carbocycles. The van der Waals surface area contributed by atoms with E-state index in [0.29, 0.717) is 5.02 Å². The van der Waals surface area contributed by atoms with Gasteiger partial charge in [-0.05, 0) is 36.2 Å². The van der Waals surface area contributed by atoms with Gasteiger partial charge in [-0.2, -0.15) is 0 Å². The second-order valence-electron chi connectivity index (χ2n) is 4.06. The fourth-order valence-corrected chi connectivity index (χ4v) is 2.65. The molecule has 0 spiro atoms. The van der Waals surface area contributed by atoms with Gasteiger partial charge in [0.1, 0.15) is 10.8 Å². The first-order valence-corrected chi connectivity index (χ1v) is 7.58. The van der Waals surface area contributed by atoms with Gasteiger partial charge in [0, 0.05) is 24.7 Å². The monoisotopic (exact) mass is 293 g/mol. The Balaban J connectivity index is 1.98. The quantitative estimate of drug-likeness (QED) is 0.808. The molecule has 0 bridgehead atoms. The Morgan fingerprint density at radius 3 is 2.95 bits per heavy atom. The van der Waals surface area contributed by atoms with Gasteiger partial charge in [-0.25, -0.2) is 9.97 Å². The largest absolute Gasteiger partial charge is 0.370 e. The van der Waals surface area contributed by atoms with Crippen LogP contribution in [0.3, 0.4) is 0 Å². The van der Waals surface area contributed by atoms with Crippen LogP contribution in [0.15, 0.2) is 41.7 Å². The molecule has 0 fully saturated rings. The molecule has 5 heteroatoms. The first-order chi connectivity index (χ1) is 9.29. The number of anilines is 1. The zero-order valence-electron chi connectivity index (χ0n) is 10.8. The van der Waals surface area contributed by atoms with Gasteiger partial charge in [0.25, 0.3) is 0 Å². The van der Waals surface area contributed by atoms with E-state index in [-0.39, 0.29) is 0 Å². The second-order valence-corrected chi connectivity index (χ2v) is 5.43. The van der Waals surface area contributed by atoms with Crippen molar-refractivity contribution in [1.29, 1.82) is 0 Å². The minimum absolute atomic E-state index is 0.700. The molecule has 0 unspecified atom stereocenters. The van der Waals surface area contributed by atoms with E-state index in [0.717, 1.165) is 29.6 Å². The van der Waals surface area contributed by atoms with Gasteiger partial charge in [-0.3, -0.25) is 0 Å². The maximum Gasteiger partial charge on any atom is 0.126 e. The number of hydrogen-bond donors (Lipinski definition) is 1. The summed E-state index contributed by atoms with van der Waals surface area (Å²) in [6.45, 7) is 3.07. The van der Waals surface area contributed by atoms with Crippen molar-refractivity contribution in [2.75, 3.05) is 11.9 Å². The molecule has 0 amide bonds. The molecule has 100 valence electrons. The van der Waals surface area contributed by atoms with Crippen molar-refractivity contribution in [2.45, 2.75) is 24.1 Å². The second kappa shape index (κ2) is 7.36. The van der Waals surface area contributed by atoms with E-state index in [4.69, 9.17) is 11.6 Å². The Morgan fingerprint density at radius 2 is 2.16 bits per heavy atom. The molecule has 0 aliphatic rings. The van der Waals surface area contributed by atoms with E-state index in [2.05, 4.69) is 28.3 Å². The summed E-state index contributed by atoms with van der Waals surface area (Å²) in [5.74, 6) is 1.76. The van der Waals surface area contributed by atoms with Gasteiger partial charge in [0.15, 0.2) is 0 Å². The normalized spacial score (nSPS) is 10.4. The van der Waals surface area contributed by atoms with Crippen molar-refractivity contribution >= 4 is 29.2 Å². The number of hydrogen-bond acceptors (Lipinski definition) is 4. The maximum atomic E-state index is 6.08. The summed E-state index contributed by atoms with van der Waals surface area (Å²) >= 11 is 7.72. The number of nitrogens with one attached hydrogen (secondary N) is 1. The molecule has 2 aromatic rings. The van der Waals surface area contributed by atoms with E-state index >= 15 is 0 Å². The van der Waals surface area contributed by atoms with Crippen molar-refractivity contribution in [3.63, 3.8) is 0 Å². The lowest BCUT2D eigenvalue weighted by Crippen LogP contribution is -2.01. The standard InChI is InChI=1S/C14H16ClN3S/c1-2-6-16-13-9-11(5-8-17-13)10-19-14-12(15)4-3-7-18-14/h3-5,7-9H,2,6,10H2,1H3,(H,16,17). The van der Waals surface area contributed by atoms with Crippen LogP contribution >= 0.6 is 23.4 Å². The summed E-state index contributed by atoms with van der Waals surface area (Å²) < 4.78 is 0. The first kappa shape index (κ1) is 14.2. The number of halogens is 1. The Kier molecular flexibility index (Phi) is 5.48. The van der Waals surface area contributed by atoms with E-state index in [9.17, 15) is 0 Å². The van der Waals surface area contributed by atoms with Crippen LogP contribution in [0, 0.1) is 0 Å². The van der Waals surface area contributed by atoms with E-state index in [1.54, 1.807) is 18.0 Å². The minimum atomic E-state index is 0.700. The molecular weight excluding hydrogens is 278 g/mol. The molecule has 0 atom stereocenters. The third-order valence-corrected chi connectivity index (χ3v) is 3.97. The number of pyridine rings is 2. The SMILES string of the molecule is CCCNc1cc(CSc2ncccc2Cl)ccn1. The molecule has 0 radical (unpaired) electrons. The third kappa shape index (κ3) is 4.40. The summed E-state index contributed by atoms with van der Waals surface area (Å²) in [5, 5.41) is 4.85. The van der Waals surface area contributed by atoms with Crippen molar-refractivity contribution in [3.05, 3.63) is 47.2 Å². The number of rotatable bonds is 6. The Morgan fingerprint density at radius 1 is 1.26 bits per heavy atom. The lowest BCUT2D eigenvalue weighted by molar-refractivity contribution is 0.968. The lowest BCUT2D eigenvalue weighted by Gasteiger charge is -2.06. The Labute approximate surface area is 122 Å². The Bertz CT molecular complexity index is 534. The van der Waals surface area contributed by atoms with Gasteiger partial charge >= 0.3 is 0 Å². The summed E-state index contributed by atoms with van der Waals surface area (Å²) in [7, 11) is 0. The highest BCUT2D eigenvalue weighted by Gasteiger charge is 2.03. The van der Waals surface area contributed by atoms with Crippen LogP contribution in [0.2, 0.25) is 5.02 Å². The van der Waals surface area contributed by atoms with Gasteiger partial charge in [0.05, 0.1) is 5.02 Å². The van der Waals surface area contributed by atoms with Crippen LogP contribution in [-0.2, 0) is 5.75 Å². The topological polar surface area (TPSA) is 37.8 Å². The van der Waals surface area contributed by atoms with E-state index in [1.807, 2.05) is 24.4 Å². The zero-order valence-corrected chi connectivity index (χ0v) is 12.3. The van der Waals surface area contributed by atoms with Crippen molar-refractivity contribution in [1.82, 2.24) is 9.97 Å². The predicted octanol–water partition coefficient (Wildman–Crippen LogP) is 4.24. The van der Waals surface area contributed by atoms with E-state index in [1.165, 1.54) is 5.56 Å². The summed E-state index contributed by atoms with van der Waals surface area (Å²) in [4.78, 5) is 8.55. The first-order valence-electron chi connectivity index (χ1n) is 6.21. The molecule has 0 saturated heterocycles. The highest BCUT2D eigenvalue weighted by molar-refractivity contribution is 7.98. The third-order valence-electron chi connectivity index (χ3n) is 2.48. The van der Waals surface area contributed by atoms with Crippen LogP contribution in [0.25, 0.3) is 0 Å².